The number of rotatable bonds is 6. The second-order valence-electron chi connectivity index (χ2n) is 5.40. The molecule has 0 bridgehead atoms. The van der Waals surface area contributed by atoms with Crippen molar-refractivity contribution in [3.63, 3.8) is 0 Å². The minimum absolute atomic E-state index is 0.0472. The number of nitrogens with one attached hydrogen (secondary N) is 1. The minimum atomic E-state index is -0.0472. The van der Waals surface area contributed by atoms with Crippen molar-refractivity contribution in [1.29, 1.82) is 0 Å². The van der Waals surface area contributed by atoms with Gasteiger partial charge in [-0.1, -0.05) is 44.9 Å². The number of hydrogen-bond donors (Lipinski definition) is 2. The van der Waals surface area contributed by atoms with Crippen molar-refractivity contribution in [1.82, 2.24) is 4.98 Å². The molecule has 0 saturated carbocycles. The van der Waals surface area contributed by atoms with Gasteiger partial charge in [0.2, 0.25) is 0 Å². The minimum Gasteiger partial charge on any atom is -0.361 e. The average Bonchev–Trinajstić information content (AvgIpc) is 2.73. The number of H-pyrrole nitrogens is 1. The molecule has 0 spiro atoms. The fourth-order valence-corrected chi connectivity index (χ4v) is 2.95. The molecule has 0 saturated heterocycles. The van der Waals surface area contributed by atoms with E-state index in [2.05, 4.69) is 49.3 Å². The van der Waals surface area contributed by atoms with Crippen LogP contribution in [-0.2, 0) is 6.42 Å². The number of fused-ring (bicyclic) bond motifs is 1. The van der Waals surface area contributed by atoms with E-state index in [0.717, 1.165) is 32.1 Å². The van der Waals surface area contributed by atoms with Gasteiger partial charge in [0.25, 0.3) is 0 Å². The molecule has 18 heavy (non-hydrogen) atoms. The number of nitrogens with two attached hydrogens (primary N) is 1. The van der Waals surface area contributed by atoms with E-state index in [1.54, 1.807) is 0 Å². The van der Waals surface area contributed by atoms with Crippen LogP contribution in [0.5, 0.6) is 0 Å². The van der Waals surface area contributed by atoms with Crippen LogP contribution in [0.4, 0.5) is 0 Å². The predicted octanol–water partition coefficient (Wildman–Crippen LogP) is 4.01. The van der Waals surface area contributed by atoms with Gasteiger partial charge >= 0.3 is 0 Å². The van der Waals surface area contributed by atoms with Crippen molar-refractivity contribution in [2.45, 2.75) is 51.5 Å². The van der Waals surface area contributed by atoms with Crippen LogP contribution in [0.2, 0.25) is 0 Å². The second kappa shape index (κ2) is 5.57. The number of para-hydroxylation sites is 1. The Morgan fingerprint density at radius 1 is 1.11 bits per heavy atom. The van der Waals surface area contributed by atoms with Gasteiger partial charge in [0.15, 0.2) is 0 Å². The molecule has 2 aromatic rings. The molecule has 0 unspecified atom stereocenters. The van der Waals surface area contributed by atoms with Crippen LogP contribution in [0, 0.1) is 0 Å². The monoisotopic (exact) mass is 244 g/mol. The quantitative estimate of drug-likeness (QED) is 0.792. The molecule has 1 heterocycles. The summed E-state index contributed by atoms with van der Waals surface area (Å²) < 4.78 is 0. The van der Waals surface area contributed by atoms with Crippen LogP contribution in [0.15, 0.2) is 30.5 Å². The summed E-state index contributed by atoms with van der Waals surface area (Å²) in [5.41, 5.74) is 9.11. The maximum Gasteiger partial charge on any atom is 0.0456 e. The van der Waals surface area contributed by atoms with E-state index in [-0.39, 0.29) is 5.54 Å². The van der Waals surface area contributed by atoms with Crippen molar-refractivity contribution >= 4 is 10.9 Å². The smallest absolute Gasteiger partial charge is 0.0456 e. The first-order valence-electron chi connectivity index (χ1n) is 7.02. The van der Waals surface area contributed by atoms with Gasteiger partial charge in [0, 0.05) is 22.6 Å². The molecule has 98 valence electrons. The Balaban J connectivity index is 2.25. The fourth-order valence-electron chi connectivity index (χ4n) is 2.95. The Bertz CT molecular complexity index is 493. The van der Waals surface area contributed by atoms with Crippen LogP contribution < -0.4 is 5.73 Å². The predicted molar refractivity (Wildman–Crippen MR) is 78.7 cm³/mol. The maximum absolute atomic E-state index is 6.59. The molecule has 2 heteroatoms. The first-order valence-corrected chi connectivity index (χ1v) is 7.02. The SMILES string of the molecule is CCCC(N)(CCC)Cc1c[nH]c2ccccc12. The summed E-state index contributed by atoms with van der Waals surface area (Å²) in [6.45, 7) is 4.43. The average molecular weight is 244 g/mol. The van der Waals surface area contributed by atoms with Gasteiger partial charge in [-0.2, -0.15) is 0 Å². The van der Waals surface area contributed by atoms with E-state index in [1.807, 2.05) is 0 Å². The van der Waals surface area contributed by atoms with Gasteiger partial charge in [0.1, 0.15) is 0 Å². The Morgan fingerprint density at radius 2 is 1.78 bits per heavy atom. The summed E-state index contributed by atoms with van der Waals surface area (Å²) in [4.78, 5) is 3.34. The lowest BCUT2D eigenvalue weighted by atomic mass is 9.84. The summed E-state index contributed by atoms with van der Waals surface area (Å²) in [6, 6.07) is 8.46. The zero-order valence-corrected chi connectivity index (χ0v) is 11.5. The molecule has 1 aromatic heterocycles. The van der Waals surface area contributed by atoms with E-state index in [1.165, 1.54) is 16.5 Å². The normalized spacial score (nSPS) is 12.2. The van der Waals surface area contributed by atoms with Crippen molar-refractivity contribution in [2.24, 2.45) is 5.73 Å². The molecule has 1 aromatic carbocycles. The van der Waals surface area contributed by atoms with Crippen molar-refractivity contribution in [3.8, 4) is 0 Å². The fraction of sp³-hybridized carbons (Fsp3) is 0.500. The van der Waals surface area contributed by atoms with Crippen molar-refractivity contribution in [3.05, 3.63) is 36.0 Å². The summed E-state index contributed by atoms with van der Waals surface area (Å²) >= 11 is 0. The molecular weight excluding hydrogens is 220 g/mol. The first kappa shape index (κ1) is 13.2. The van der Waals surface area contributed by atoms with Crippen LogP contribution >= 0.6 is 0 Å². The Morgan fingerprint density at radius 3 is 2.44 bits per heavy atom. The third kappa shape index (κ3) is 2.75. The summed E-state index contributed by atoms with van der Waals surface area (Å²) in [6.07, 6.45) is 7.59. The summed E-state index contributed by atoms with van der Waals surface area (Å²) in [5, 5.41) is 1.32. The Hall–Kier alpha value is -1.28. The standard InChI is InChI=1S/C16H24N2/c1-3-9-16(17,10-4-2)11-13-12-18-15-8-6-5-7-14(13)15/h5-8,12,18H,3-4,9-11,17H2,1-2H3. The molecule has 0 aliphatic carbocycles. The van der Waals surface area contributed by atoms with Crippen LogP contribution in [0.3, 0.4) is 0 Å². The molecular formula is C16H24N2. The van der Waals surface area contributed by atoms with Crippen molar-refractivity contribution in [2.75, 3.05) is 0 Å². The topological polar surface area (TPSA) is 41.8 Å². The maximum atomic E-state index is 6.59. The van der Waals surface area contributed by atoms with E-state index < -0.39 is 0 Å². The summed E-state index contributed by atoms with van der Waals surface area (Å²) in [7, 11) is 0. The third-order valence-corrected chi connectivity index (χ3v) is 3.71. The van der Waals surface area contributed by atoms with Gasteiger partial charge in [-0.25, -0.2) is 0 Å². The molecule has 0 atom stereocenters. The van der Waals surface area contributed by atoms with Crippen LogP contribution in [0.1, 0.15) is 45.1 Å². The highest BCUT2D eigenvalue weighted by atomic mass is 14.7. The summed E-state index contributed by atoms with van der Waals surface area (Å²) in [5.74, 6) is 0. The van der Waals surface area contributed by atoms with E-state index in [9.17, 15) is 0 Å². The Labute approximate surface area is 110 Å². The van der Waals surface area contributed by atoms with Gasteiger partial charge in [-0.3, -0.25) is 0 Å². The van der Waals surface area contributed by atoms with E-state index >= 15 is 0 Å². The Kier molecular flexibility index (Phi) is 4.07. The number of benzene rings is 1. The highest BCUT2D eigenvalue weighted by Gasteiger charge is 2.24. The molecule has 3 N–H and O–H groups in total. The number of hydrogen-bond acceptors (Lipinski definition) is 1. The molecule has 0 fully saturated rings. The molecule has 2 rings (SSSR count). The van der Waals surface area contributed by atoms with Gasteiger partial charge in [0.05, 0.1) is 0 Å². The zero-order valence-electron chi connectivity index (χ0n) is 11.5. The lowest BCUT2D eigenvalue weighted by Crippen LogP contribution is -2.41. The lowest BCUT2D eigenvalue weighted by molar-refractivity contribution is 0.356. The number of aromatic nitrogens is 1. The van der Waals surface area contributed by atoms with Gasteiger partial charge < -0.3 is 10.7 Å². The zero-order chi connectivity index (χ0) is 13.0. The largest absolute Gasteiger partial charge is 0.361 e. The molecule has 0 aliphatic rings. The molecule has 0 amide bonds. The molecule has 0 radical (unpaired) electrons. The van der Waals surface area contributed by atoms with Gasteiger partial charge in [-0.15, -0.1) is 0 Å². The highest BCUT2D eigenvalue weighted by molar-refractivity contribution is 5.83. The first-order chi connectivity index (χ1) is 8.68. The van der Waals surface area contributed by atoms with E-state index in [4.69, 9.17) is 5.73 Å². The van der Waals surface area contributed by atoms with E-state index in [0.29, 0.717) is 0 Å². The van der Waals surface area contributed by atoms with Crippen LogP contribution in [-0.4, -0.2) is 10.5 Å². The highest BCUT2D eigenvalue weighted by Crippen LogP contribution is 2.26. The molecule has 2 nitrogen and oxygen atoms in total. The third-order valence-electron chi connectivity index (χ3n) is 3.71. The number of aromatic amines is 1. The van der Waals surface area contributed by atoms with Crippen LogP contribution in [0.25, 0.3) is 10.9 Å². The van der Waals surface area contributed by atoms with Gasteiger partial charge in [-0.05, 0) is 30.9 Å². The van der Waals surface area contributed by atoms with Crippen molar-refractivity contribution < 1.29 is 0 Å². The second-order valence-corrected chi connectivity index (χ2v) is 5.40. The lowest BCUT2D eigenvalue weighted by Gasteiger charge is -2.29. The molecule has 0 aliphatic heterocycles.